The quantitative estimate of drug-likeness (QED) is 0.824. The van der Waals surface area contributed by atoms with E-state index in [4.69, 9.17) is 10.8 Å². The Morgan fingerprint density at radius 3 is 2.32 bits per heavy atom. The van der Waals surface area contributed by atoms with Crippen LogP contribution in [0, 0.1) is 0 Å². The van der Waals surface area contributed by atoms with Crippen LogP contribution in [0.1, 0.15) is 0 Å². The minimum absolute atomic E-state index is 0.0972. The van der Waals surface area contributed by atoms with Crippen LogP contribution in [0.15, 0.2) is 47.4 Å². The molecule has 0 radical (unpaired) electrons. The molecule has 0 amide bonds. The molecule has 0 fully saturated rings. The largest absolute Gasteiger partial charge is 0.395 e. The molecule has 0 aliphatic carbocycles. The third-order valence-electron chi connectivity index (χ3n) is 2.37. The van der Waals surface area contributed by atoms with Crippen molar-refractivity contribution < 1.29 is 17.7 Å². The summed E-state index contributed by atoms with van der Waals surface area (Å²) in [5.74, 6) is 0. The van der Waals surface area contributed by atoms with Crippen LogP contribution in [0.5, 0.6) is 0 Å². The number of rotatable bonds is 3. The van der Waals surface area contributed by atoms with Crippen molar-refractivity contribution in [2.45, 2.75) is 4.90 Å². The van der Waals surface area contributed by atoms with Crippen LogP contribution in [-0.4, -0.2) is 33.8 Å². The first kappa shape index (κ1) is 15.6. The molecular weight excluding hydrogens is 266 g/mol. The fraction of sp³-hybridized carbons (Fsp3) is 0.231. The van der Waals surface area contributed by atoms with Gasteiger partial charge in [-0.3, -0.25) is 4.18 Å². The van der Waals surface area contributed by atoms with E-state index in [1.165, 1.54) is 0 Å². The number of aliphatic hydroxyl groups is 1. The molecule has 0 saturated carbocycles. The second kappa shape index (κ2) is 7.20. The predicted molar refractivity (Wildman–Crippen MR) is 74.3 cm³/mol. The highest BCUT2D eigenvalue weighted by atomic mass is 32.2. The summed E-state index contributed by atoms with van der Waals surface area (Å²) < 4.78 is 27.7. The average Bonchev–Trinajstić information content (AvgIpc) is 2.47. The third kappa shape index (κ3) is 4.00. The summed E-state index contributed by atoms with van der Waals surface area (Å²) in [6.07, 6.45) is 0. The van der Waals surface area contributed by atoms with Gasteiger partial charge in [0.25, 0.3) is 10.1 Å². The van der Waals surface area contributed by atoms with Crippen molar-refractivity contribution in [1.82, 2.24) is 0 Å². The summed E-state index contributed by atoms with van der Waals surface area (Å²) in [4.78, 5) is 0.211. The Morgan fingerprint density at radius 1 is 1.16 bits per heavy atom. The molecule has 2 aromatic rings. The van der Waals surface area contributed by atoms with Crippen molar-refractivity contribution in [3.8, 4) is 0 Å². The lowest BCUT2D eigenvalue weighted by Gasteiger charge is -2.05. The van der Waals surface area contributed by atoms with Crippen LogP contribution < -0.4 is 5.73 Å². The zero-order valence-corrected chi connectivity index (χ0v) is 11.4. The topological polar surface area (TPSA) is 89.6 Å². The molecule has 19 heavy (non-hydrogen) atoms. The molecule has 0 aliphatic heterocycles. The fourth-order valence-electron chi connectivity index (χ4n) is 1.50. The SMILES string of the molecule is COS(=O)(=O)c1cccc2ccccc12.NCCO. The lowest BCUT2D eigenvalue weighted by Crippen LogP contribution is -2.03. The van der Waals surface area contributed by atoms with E-state index in [1.54, 1.807) is 24.3 Å². The first-order valence-corrected chi connectivity index (χ1v) is 7.07. The maximum absolute atomic E-state index is 11.6. The van der Waals surface area contributed by atoms with E-state index in [2.05, 4.69) is 4.18 Å². The Labute approximate surface area is 112 Å². The fourth-order valence-corrected chi connectivity index (χ4v) is 2.38. The molecule has 2 rings (SSSR count). The van der Waals surface area contributed by atoms with Gasteiger partial charge in [0.05, 0.1) is 13.7 Å². The van der Waals surface area contributed by atoms with Crippen molar-refractivity contribution in [1.29, 1.82) is 0 Å². The number of aliphatic hydroxyl groups excluding tert-OH is 1. The molecule has 0 spiro atoms. The van der Waals surface area contributed by atoms with Crippen molar-refractivity contribution in [3.05, 3.63) is 42.5 Å². The summed E-state index contributed by atoms with van der Waals surface area (Å²) in [5.41, 5.74) is 4.78. The maximum atomic E-state index is 11.6. The van der Waals surface area contributed by atoms with E-state index in [0.29, 0.717) is 11.9 Å². The van der Waals surface area contributed by atoms with Gasteiger partial charge in [0.1, 0.15) is 4.90 Å². The Bertz CT molecular complexity index is 618. The molecule has 0 heterocycles. The Kier molecular flexibility index (Phi) is 5.91. The molecule has 3 N–H and O–H groups in total. The molecule has 0 saturated heterocycles. The number of benzene rings is 2. The van der Waals surface area contributed by atoms with Crippen LogP contribution in [-0.2, 0) is 14.3 Å². The van der Waals surface area contributed by atoms with Crippen LogP contribution in [0.25, 0.3) is 10.8 Å². The van der Waals surface area contributed by atoms with Crippen molar-refractivity contribution in [2.24, 2.45) is 5.73 Å². The van der Waals surface area contributed by atoms with Crippen molar-refractivity contribution in [3.63, 3.8) is 0 Å². The van der Waals surface area contributed by atoms with Crippen molar-refractivity contribution in [2.75, 3.05) is 20.3 Å². The highest BCUT2D eigenvalue weighted by Gasteiger charge is 2.15. The van der Waals surface area contributed by atoms with E-state index >= 15 is 0 Å². The molecule has 6 heteroatoms. The molecule has 0 aromatic heterocycles. The molecule has 0 aliphatic rings. The zero-order valence-electron chi connectivity index (χ0n) is 10.6. The number of hydrogen-bond donors (Lipinski definition) is 2. The number of fused-ring (bicyclic) bond motifs is 1. The summed E-state index contributed by atoms with van der Waals surface area (Å²) in [6.45, 7) is 0.472. The summed E-state index contributed by atoms with van der Waals surface area (Å²) in [5, 5.41) is 9.32. The minimum Gasteiger partial charge on any atom is -0.395 e. The van der Waals surface area contributed by atoms with E-state index in [1.807, 2.05) is 18.2 Å². The standard InChI is InChI=1S/C11H10O3S.C2H7NO/c1-14-15(12,13)11-8-4-6-9-5-2-3-7-10(9)11;3-1-2-4/h2-8H,1H3;4H,1-3H2. The Hall–Kier alpha value is -1.47. The number of hydrogen-bond acceptors (Lipinski definition) is 5. The van der Waals surface area contributed by atoms with Gasteiger partial charge >= 0.3 is 0 Å². The second-order valence-corrected chi connectivity index (χ2v) is 5.29. The monoisotopic (exact) mass is 283 g/mol. The Balaban J connectivity index is 0.000000399. The van der Waals surface area contributed by atoms with Gasteiger partial charge in [-0.1, -0.05) is 36.4 Å². The highest BCUT2D eigenvalue weighted by Crippen LogP contribution is 2.23. The molecule has 5 nitrogen and oxygen atoms in total. The zero-order chi connectivity index (χ0) is 14.3. The lowest BCUT2D eigenvalue weighted by molar-refractivity contribution is 0.306. The predicted octanol–water partition coefficient (Wildman–Crippen LogP) is 1.11. The van der Waals surface area contributed by atoms with Gasteiger partial charge in [-0.15, -0.1) is 0 Å². The maximum Gasteiger partial charge on any atom is 0.297 e. The van der Waals surface area contributed by atoms with Crippen LogP contribution in [0.3, 0.4) is 0 Å². The smallest absolute Gasteiger partial charge is 0.297 e. The summed E-state index contributed by atoms with van der Waals surface area (Å²) >= 11 is 0. The van der Waals surface area contributed by atoms with Gasteiger partial charge in [-0.2, -0.15) is 8.42 Å². The van der Waals surface area contributed by atoms with Gasteiger partial charge in [0, 0.05) is 11.9 Å². The van der Waals surface area contributed by atoms with E-state index in [-0.39, 0.29) is 11.5 Å². The van der Waals surface area contributed by atoms with Gasteiger partial charge in [0.2, 0.25) is 0 Å². The normalized spacial score (nSPS) is 10.9. The van der Waals surface area contributed by atoms with E-state index in [9.17, 15) is 8.42 Å². The first-order chi connectivity index (χ1) is 9.06. The average molecular weight is 283 g/mol. The van der Waals surface area contributed by atoms with Gasteiger partial charge in [-0.05, 0) is 11.5 Å². The highest BCUT2D eigenvalue weighted by molar-refractivity contribution is 7.87. The molecule has 0 unspecified atom stereocenters. The molecule has 104 valence electrons. The van der Waals surface area contributed by atoms with E-state index < -0.39 is 10.1 Å². The number of nitrogens with two attached hydrogens (primary N) is 1. The lowest BCUT2D eigenvalue weighted by atomic mass is 10.1. The Morgan fingerprint density at radius 2 is 1.74 bits per heavy atom. The molecular formula is C13H17NO4S. The van der Waals surface area contributed by atoms with Crippen molar-refractivity contribution >= 4 is 20.9 Å². The molecule has 0 bridgehead atoms. The van der Waals surface area contributed by atoms with Crippen LogP contribution >= 0.6 is 0 Å². The molecule has 0 atom stereocenters. The van der Waals surface area contributed by atoms with E-state index in [0.717, 1.165) is 12.5 Å². The van der Waals surface area contributed by atoms with Crippen LogP contribution in [0.2, 0.25) is 0 Å². The van der Waals surface area contributed by atoms with Gasteiger partial charge in [-0.25, -0.2) is 0 Å². The summed E-state index contributed by atoms with van der Waals surface area (Å²) in [6, 6.07) is 12.4. The second-order valence-electron chi connectivity index (χ2n) is 3.61. The minimum atomic E-state index is -3.62. The summed E-state index contributed by atoms with van der Waals surface area (Å²) in [7, 11) is -2.46. The molecule has 2 aromatic carbocycles. The van der Waals surface area contributed by atoms with Gasteiger partial charge in [0.15, 0.2) is 0 Å². The van der Waals surface area contributed by atoms with Gasteiger partial charge < -0.3 is 10.8 Å². The first-order valence-electron chi connectivity index (χ1n) is 5.66. The van der Waals surface area contributed by atoms with Crippen LogP contribution in [0.4, 0.5) is 0 Å². The third-order valence-corrected chi connectivity index (χ3v) is 3.70.